The number of hydrogen-bond donors (Lipinski definition) is 1. The van der Waals surface area contributed by atoms with Crippen LogP contribution in [-0.2, 0) is 16.8 Å². The van der Waals surface area contributed by atoms with Crippen LogP contribution in [0.15, 0.2) is 24.3 Å². The molecular weight excluding hydrogens is 330 g/mol. The van der Waals surface area contributed by atoms with Gasteiger partial charge in [0.1, 0.15) is 12.0 Å². The van der Waals surface area contributed by atoms with Crippen molar-refractivity contribution < 1.29 is 19.4 Å². The summed E-state index contributed by atoms with van der Waals surface area (Å²) < 4.78 is 11.7. The van der Waals surface area contributed by atoms with E-state index in [9.17, 15) is 9.90 Å². The van der Waals surface area contributed by atoms with Crippen molar-refractivity contribution >= 4 is 17.5 Å². The van der Waals surface area contributed by atoms with Gasteiger partial charge in [-0.3, -0.25) is 4.79 Å². The number of methoxy groups -OCH3 is 1. The van der Waals surface area contributed by atoms with Crippen LogP contribution in [0.2, 0.25) is 0 Å². The molecule has 0 aromatic heterocycles. The maximum Gasteiger partial charge on any atom is 0.237 e. The number of rotatable bonds is 2. The minimum atomic E-state index is -0.506. The number of amides is 1. The number of aliphatic hydroxyl groups excluding tert-OH is 1. The minimum absolute atomic E-state index is 0.0141. The molecule has 6 heteroatoms. The number of halogens is 1. The van der Waals surface area contributed by atoms with E-state index >= 15 is 0 Å². The fourth-order valence-electron chi connectivity index (χ4n) is 4.23. The van der Waals surface area contributed by atoms with Crippen molar-refractivity contribution in [1.29, 1.82) is 0 Å². The molecule has 2 heterocycles. The van der Waals surface area contributed by atoms with E-state index in [1.807, 2.05) is 18.2 Å². The highest BCUT2D eigenvalue weighted by molar-refractivity contribution is 6.27. The van der Waals surface area contributed by atoms with E-state index in [4.69, 9.17) is 21.1 Å². The average molecular weight is 350 g/mol. The molecule has 3 aliphatic rings. The zero-order chi connectivity index (χ0) is 16.9. The molecule has 3 atom stereocenters. The molecule has 2 aliphatic heterocycles. The van der Waals surface area contributed by atoms with Gasteiger partial charge in [-0.1, -0.05) is 18.2 Å². The summed E-state index contributed by atoms with van der Waals surface area (Å²) in [5.74, 6) is 1.37. The van der Waals surface area contributed by atoms with Gasteiger partial charge in [0.15, 0.2) is 11.5 Å². The molecule has 0 saturated carbocycles. The molecule has 0 radical (unpaired) electrons. The van der Waals surface area contributed by atoms with Gasteiger partial charge < -0.3 is 19.5 Å². The maximum atomic E-state index is 12.2. The number of ether oxygens (including phenoxy) is 2. The van der Waals surface area contributed by atoms with Crippen molar-refractivity contribution in [3.05, 3.63) is 35.4 Å². The highest BCUT2D eigenvalue weighted by Gasteiger charge is 2.53. The second-order valence-electron chi connectivity index (χ2n) is 6.64. The van der Waals surface area contributed by atoms with Gasteiger partial charge in [-0.05, 0) is 18.1 Å². The fourth-order valence-corrected chi connectivity index (χ4v) is 4.40. The summed E-state index contributed by atoms with van der Waals surface area (Å²) in [6, 6.07) is 3.89. The average Bonchev–Trinajstić information content (AvgIpc) is 2.82. The second kappa shape index (κ2) is 5.67. The molecular formula is C18H20ClNO4. The van der Waals surface area contributed by atoms with Gasteiger partial charge in [-0.15, -0.1) is 11.6 Å². The Kier molecular flexibility index (Phi) is 3.73. The highest BCUT2D eigenvalue weighted by atomic mass is 35.5. The van der Waals surface area contributed by atoms with Crippen LogP contribution < -0.4 is 9.47 Å². The predicted molar refractivity (Wildman–Crippen MR) is 89.6 cm³/mol. The first-order valence-electron chi connectivity index (χ1n) is 8.17. The third kappa shape index (κ3) is 2.15. The molecule has 1 N–H and O–H groups in total. The normalized spacial score (nSPS) is 30.2. The Labute approximate surface area is 145 Å². The Bertz CT molecular complexity index is 719. The molecule has 1 aliphatic carbocycles. The molecule has 1 spiro atoms. The molecule has 128 valence electrons. The summed E-state index contributed by atoms with van der Waals surface area (Å²) in [6.07, 6.45) is 4.54. The molecule has 5 nitrogen and oxygen atoms in total. The number of carbonyl (C=O) groups excluding carboxylic acids is 1. The van der Waals surface area contributed by atoms with E-state index < -0.39 is 6.10 Å². The maximum absolute atomic E-state index is 12.2. The number of carbonyl (C=O) groups is 1. The molecule has 0 saturated heterocycles. The number of nitrogens with zero attached hydrogens (tertiary/aromatic N) is 1. The summed E-state index contributed by atoms with van der Waals surface area (Å²) in [5.41, 5.74) is 1.84. The lowest BCUT2D eigenvalue weighted by molar-refractivity contribution is -0.129. The standard InChI is InChI=1S/C18H20ClNO4/c1-23-13-3-2-11-10-20(15(22)9-19)7-6-18-5-4-12(21)8-14(18)24-17(13)16(11)18/h2-5,12,14,21H,6-10H2,1H3/t12-,14-,18?/m1/s1. The topological polar surface area (TPSA) is 59.0 Å². The Balaban J connectivity index is 1.88. The predicted octanol–water partition coefficient (Wildman–Crippen LogP) is 1.99. The van der Waals surface area contributed by atoms with Crippen LogP contribution in [0.5, 0.6) is 11.5 Å². The SMILES string of the molecule is COc1ccc2c3c1O[C@@H]1C[C@H](O)C=CC31CCN(C(=O)CCl)C2. The van der Waals surface area contributed by atoms with Gasteiger partial charge in [0.25, 0.3) is 0 Å². The molecule has 0 fully saturated rings. The summed E-state index contributed by atoms with van der Waals surface area (Å²) in [7, 11) is 1.63. The van der Waals surface area contributed by atoms with Gasteiger partial charge in [-0.25, -0.2) is 0 Å². The summed E-state index contributed by atoms with van der Waals surface area (Å²) in [6.45, 7) is 1.13. The quantitative estimate of drug-likeness (QED) is 0.655. The number of alkyl halides is 1. The smallest absolute Gasteiger partial charge is 0.237 e. The van der Waals surface area contributed by atoms with Crippen molar-refractivity contribution in [2.45, 2.75) is 37.0 Å². The second-order valence-corrected chi connectivity index (χ2v) is 6.91. The largest absolute Gasteiger partial charge is 0.493 e. The van der Waals surface area contributed by atoms with Crippen LogP contribution in [0, 0.1) is 0 Å². The number of benzene rings is 1. The Morgan fingerprint density at radius 2 is 2.38 bits per heavy atom. The highest BCUT2D eigenvalue weighted by Crippen LogP contribution is 2.55. The van der Waals surface area contributed by atoms with E-state index in [1.54, 1.807) is 12.0 Å². The first-order chi connectivity index (χ1) is 11.6. The van der Waals surface area contributed by atoms with Gasteiger partial charge in [0, 0.05) is 25.1 Å². The van der Waals surface area contributed by atoms with Crippen molar-refractivity contribution in [3.8, 4) is 11.5 Å². The monoisotopic (exact) mass is 349 g/mol. The summed E-state index contributed by atoms with van der Waals surface area (Å²) >= 11 is 5.77. The summed E-state index contributed by atoms with van der Waals surface area (Å²) in [5, 5.41) is 10.0. The van der Waals surface area contributed by atoms with E-state index in [1.165, 1.54) is 0 Å². The molecule has 1 amide bonds. The van der Waals surface area contributed by atoms with Gasteiger partial charge >= 0.3 is 0 Å². The van der Waals surface area contributed by atoms with Crippen LogP contribution >= 0.6 is 11.6 Å². The van der Waals surface area contributed by atoms with Crippen LogP contribution in [0.25, 0.3) is 0 Å². The van der Waals surface area contributed by atoms with Crippen molar-refractivity contribution in [1.82, 2.24) is 4.90 Å². The van der Waals surface area contributed by atoms with E-state index in [0.29, 0.717) is 25.3 Å². The van der Waals surface area contributed by atoms with Crippen LogP contribution in [0.3, 0.4) is 0 Å². The molecule has 4 rings (SSSR count). The Morgan fingerprint density at radius 1 is 1.54 bits per heavy atom. The Morgan fingerprint density at radius 3 is 3.12 bits per heavy atom. The first kappa shape index (κ1) is 15.8. The third-order valence-corrected chi connectivity index (χ3v) is 5.65. The molecule has 1 unspecified atom stereocenters. The Hall–Kier alpha value is -1.72. The number of aliphatic hydroxyl groups is 1. The van der Waals surface area contributed by atoms with Crippen molar-refractivity contribution in [2.24, 2.45) is 0 Å². The van der Waals surface area contributed by atoms with Gasteiger partial charge in [0.2, 0.25) is 5.91 Å². The minimum Gasteiger partial charge on any atom is -0.493 e. The lowest BCUT2D eigenvalue weighted by Crippen LogP contribution is -2.43. The van der Waals surface area contributed by atoms with E-state index in [-0.39, 0.29) is 23.3 Å². The van der Waals surface area contributed by atoms with Crippen molar-refractivity contribution in [2.75, 3.05) is 19.5 Å². The third-order valence-electron chi connectivity index (χ3n) is 5.42. The fraction of sp³-hybridized carbons (Fsp3) is 0.500. The van der Waals surface area contributed by atoms with Crippen LogP contribution in [-0.4, -0.2) is 47.7 Å². The van der Waals surface area contributed by atoms with Crippen LogP contribution in [0.4, 0.5) is 0 Å². The zero-order valence-corrected chi connectivity index (χ0v) is 14.3. The lowest BCUT2D eigenvalue weighted by Gasteiger charge is -2.35. The van der Waals surface area contributed by atoms with E-state index in [2.05, 4.69) is 6.08 Å². The first-order valence-corrected chi connectivity index (χ1v) is 8.70. The van der Waals surface area contributed by atoms with E-state index in [0.717, 1.165) is 23.3 Å². The molecule has 24 heavy (non-hydrogen) atoms. The van der Waals surface area contributed by atoms with Crippen LogP contribution in [0.1, 0.15) is 24.0 Å². The lowest BCUT2D eigenvalue weighted by atomic mass is 9.69. The number of hydrogen-bond acceptors (Lipinski definition) is 4. The zero-order valence-electron chi connectivity index (χ0n) is 13.5. The molecule has 1 aromatic rings. The molecule has 0 bridgehead atoms. The molecule has 1 aromatic carbocycles. The van der Waals surface area contributed by atoms with Crippen molar-refractivity contribution in [3.63, 3.8) is 0 Å². The van der Waals surface area contributed by atoms with Gasteiger partial charge in [0.05, 0.1) is 18.6 Å². The summed E-state index contributed by atoms with van der Waals surface area (Å²) in [4.78, 5) is 14.0. The van der Waals surface area contributed by atoms with Gasteiger partial charge in [-0.2, -0.15) is 0 Å².